The van der Waals surface area contributed by atoms with Crippen LogP contribution in [0.15, 0.2) is 48.5 Å². The lowest BCUT2D eigenvalue weighted by Gasteiger charge is -2.16. The standard InChI is InChI=1S/C19H19ClN2O5/c1-26-19(25)16(9-12-5-3-2-4-6-12)22-17(23)11-27-18(24)14-10-13(20)7-8-15(14)21/h2-8,10,16H,9,11,21H2,1H3,(H,22,23)/t16-/m0/s1. The number of hydrogen-bond acceptors (Lipinski definition) is 6. The van der Waals surface area contributed by atoms with E-state index in [4.69, 9.17) is 26.8 Å². The molecule has 0 radical (unpaired) electrons. The van der Waals surface area contributed by atoms with Crippen molar-refractivity contribution in [2.24, 2.45) is 0 Å². The summed E-state index contributed by atoms with van der Waals surface area (Å²) in [5.74, 6) is -2.03. The van der Waals surface area contributed by atoms with Crippen LogP contribution in [0.5, 0.6) is 0 Å². The Labute approximate surface area is 161 Å². The number of nitrogens with one attached hydrogen (secondary N) is 1. The summed E-state index contributed by atoms with van der Waals surface area (Å²) in [5, 5.41) is 2.82. The first-order valence-electron chi connectivity index (χ1n) is 8.04. The van der Waals surface area contributed by atoms with E-state index in [9.17, 15) is 14.4 Å². The summed E-state index contributed by atoms with van der Waals surface area (Å²) in [6.07, 6.45) is 0.244. The lowest BCUT2D eigenvalue weighted by molar-refractivity contribution is -0.145. The van der Waals surface area contributed by atoms with Crippen molar-refractivity contribution in [3.05, 3.63) is 64.7 Å². The lowest BCUT2D eigenvalue weighted by atomic mass is 10.1. The van der Waals surface area contributed by atoms with E-state index in [1.807, 2.05) is 30.3 Å². The second-order valence-corrected chi connectivity index (χ2v) is 6.08. The number of amides is 1. The molecule has 1 amide bonds. The number of nitrogen functional groups attached to an aromatic ring is 1. The average Bonchev–Trinajstić information content (AvgIpc) is 2.67. The van der Waals surface area contributed by atoms with Gasteiger partial charge in [-0.25, -0.2) is 9.59 Å². The first-order valence-corrected chi connectivity index (χ1v) is 8.41. The van der Waals surface area contributed by atoms with Gasteiger partial charge in [0, 0.05) is 17.1 Å². The number of hydrogen-bond donors (Lipinski definition) is 2. The maximum absolute atomic E-state index is 12.1. The zero-order valence-corrected chi connectivity index (χ0v) is 15.4. The van der Waals surface area contributed by atoms with Gasteiger partial charge in [-0.2, -0.15) is 0 Å². The first-order chi connectivity index (χ1) is 12.9. The van der Waals surface area contributed by atoms with E-state index in [1.54, 1.807) is 0 Å². The molecule has 0 aliphatic heterocycles. The van der Waals surface area contributed by atoms with Gasteiger partial charge in [0.05, 0.1) is 12.7 Å². The van der Waals surface area contributed by atoms with E-state index < -0.39 is 30.5 Å². The third kappa shape index (κ3) is 6.00. The molecule has 0 aliphatic rings. The van der Waals surface area contributed by atoms with Crippen molar-refractivity contribution in [1.82, 2.24) is 5.32 Å². The SMILES string of the molecule is COC(=O)[C@H](Cc1ccccc1)NC(=O)COC(=O)c1cc(Cl)ccc1N. The molecule has 0 aromatic heterocycles. The first kappa shape index (κ1) is 20.3. The molecule has 0 saturated carbocycles. The normalized spacial score (nSPS) is 11.3. The number of nitrogens with two attached hydrogens (primary N) is 1. The van der Waals surface area contributed by atoms with Crippen molar-refractivity contribution in [2.45, 2.75) is 12.5 Å². The van der Waals surface area contributed by atoms with E-state index in [2.05, 4.69) is 5.32 Å². The van der Waals surface area contributed by atoms with Gasteiger partial charge in [0.2, 0.25) is 0 Å². The van der Waals surface area contributed by atoms with Gasteiger partial charge in [0.1, 0.15) is 6.04 Å². The van der Waals surface area contributed by atoms with Gasteiger partial charge in [0.15, 0.2) is 6.61 Å². The molecule has 0 bridgehead atoms. The summed E-state index contributed by atoms with van der Waals surface area (Å²) in [5.41, 5.74) is 6.79. The summed E-state index contributed by atoms with van der Waals surface area (Å²) >= 11 is 5.83. The van der Waals surface area contributed by atoms with Crippen molar-refractivity contribution in [2.75, 3.05) is 19.5 Å². The molecular formula is C19H19ClN2O5. The number of esters is 2. The monoisotopic (exact) mass is 390 g/mol. The Morgan fingerprint density at radius 2 is 1.85 bits per heavy atom. The molecule has 2 aromatic carbocycles. The third-order valence-electron chi connectivity index (χ3n) is 3.67. The summed E-state index contributed by atoms with van der Waals surface area (Å²) in [6.45, 7) is -0.576. The fourth-order valence-corrected chi connectivity index (χ4v) is 2.51. The average molecular weight is 391 g/mol. The summed E-state index contributed by atoms with van der Waals surface area (Å²) in [6, 6.07) is 12.6. The second-order valence-electron chi connectivity index (χ2n) is 5.64. The van der Waals surface area contributed by atoms with Crippen molar-refractivity contribution < 1.29 is 23.9 Å². The molecule has 7 nitrogen and oxygen atoms in total. The zero-order valence-electron chi connectivity index (χ0n) is 14.6. The quantitative estimate of drug-likeness (QED) is 0.553. The minimum Gasteiger partial charge on any atom is -0.467 e. The van der Waals surface area contributed by atoms with E-state index in [1.165, 1.54) is 25.3 Å². The molecule has 0 saturated heterocycles. The minimum absolute atomic E-state index is 0.0594. The van der Waals surface area contributed by atoms with Crippen LogP contribution in [0.1, 0.15) is 15.9 Å². The summed E-state index contributed by atoms with van der Waals surface area (Å²) in [4.78, 5) is 36.1. The van der Waals surface area contributed by atoms with Crippen molar-refractivity contribution >= 4 is 35.1 Å². The maximum atomic E-state index is 12.1. The van der Waals surface area contributed by atoms with Crippen LogP contribution in [0, 0.1) is 0 Å². The van der Waals surface area contributed by atoms with Crippen LogP contribution in [0.25, 0.3) is 0 Å². The molecule has 0 aliphatic carbocycles. The van der Waals surface area contributed by atoms with E-state index in [-0.39, 0.29) is 17.7 Å². The number of ether oxygens (including phenoxy) is 2. The number of carbonyl (C=O) groups is 3. The highest BCUT2D eigenvalue weighted by Gasteiger charge is 2.23. The molecule has 8 heteroatoms. The smallest absolute Gasteiger partial charge is 0.340 e. The highest BCUT2D eigenvalue weighted by molar-refractivity contribution is 6.31. The fraction of sp³-hybridized carbons (Fsp3) is 0.211. The predicted octanol–water partition coefficient (Wildman–Crippen LogP) is 1.98. The number of methoxy groups -OCH3 is 1. The van der Waals surface area contributed by atoms with E-state index in [0.717, 1.165) is 5.56 Å². The van der Waals surface area contributed by atoms with Crippen molar-refractivity contribution in [3.8, 4) is 0 Å². The number of halogens is 1. The highest BCUT2D eigenvalue weighted by atomic mass is 35.5. The molecule has 3 N–H and O–H groups in total. The Hall–Kier alpha value is -3.06. The minimum atomic E-state index is -0.903. The molecule has 1 atom stereocenters. The Bertz CT molecular complexity index is 826. The molecule has 27 heavy (non-hydrogen) atoms. The Balaban J connectivity index is 1.96. The van der Waals surface area contributed by atoms with Crippen LogP contribution in [0.2, 0.25) is 5.02 Å². The summed E-state index contributed by atoms with van der Waals surface area (Å²) < 4.78 is 9.67. The van der Waals surface area contributed by atoms with Crippen LogP contribution < -0.4 is 11.1 Å². The van der Waals surface area contributed by atoms with Gasteiger partial charge in [-0.15, -0.1) is 0 Å². The van der Waals surface area contributed by atoms with Gasteiger partial charge in [-0.05, 0) is 23.8 Å². The van der Waals surface area contributed by atoms with Gasteiger partial charge < -0.3 is 20.5 Å². The number of anilines is 1. The second kappa shape index (κ2) is 9.59. The molecule has 2 aromatic rings. The van der Waals surface area contributed by atoms with Crippen LogP contribution in [0.3, 0.4) is 0 Å². The molecule has 2 rings (SSSR count). The highest BCUT2D eigenvalue weighted by Crippen LogP contribution is 2.18. The number of rotatable bonds is 7. The zero-order chi connectivity index (χ0) is 19.8. The largest absolute Gasteiger partial charge is 0.467 e. The Morgan fingerprint density at radius 3 is 2.52 bits per heavy atom. The molecule has 0 unspecified atom stereocenters. The predicted molar refractivity (Wildman–Crippen MR) is 100 cm³/mol. The van der Waals surface area contributed by atoms with Gasteiger partial charge >= 0.3 is 11.9 Å². The van der Waals surface area contributed by atoms with E-state index >= 15 is 0 Å². The Morgan fingerprint density at radius 1 is 1.15 bits per heavy atom. The summed E-state index contributed by atoms with van der Waals surface area (Å²) in [7, 11) is 1.23. The van der Waals surface area contributed by atoms with E-state index in [0.29, 0.717) is 5.02 Å². The van der Waals surface area contributed by atoms with Crippen LogP contribution in [-0.2, 0) is 25.5 Å². The van der Waals surface area contributed by atoms with Crippen LogP contribution in [-0.4, -0.2) is 37.6 Å². The maximum Gasteiger partial charge on any atom is 0.340 e. The fourth-order valence-electron chi connectivity index (χ4n) is 2.34. The van der Waals surface area contributed by atoms with Crippen LogP contribution in [0.4, 0.5) is 5.69 Å². The van der Waals surface area contributed by atoms with Crippen LogP contribution >= 0.6 is 11.6 Å². The molecular weight excluding hydrogens is 372 g/mol. The lowest BCUT2D eigenvalue weighted by Crippen LogP contribution is -2.44. The van der Waals surface area contributed by atoms with Gasteiger partial charge in [-0.1, -0.05) is 41.9 Å². The third-order valence-corrected chi connectivity index (χ3v) is 3.91. The van der Waals surface area contributed by atoms with Crippen molar-refractivity contribution in [3.63, 3.8) is 0 Å². The number of benzene rings is 2. The number of carbonyl (C=O) groups excluding carboxylic acids is 3. The van der Waals surface area contributed by atoms with Gasteiger partial charge in [0.25, 0.3) is 5.91 Å². The Kier molecular flexibility index (Phi) is 7.19. The molecule has 0 heterocycles. The van der Waals surface area contributed by atoms with Crippen molar-refractivity contribution in [1.29, 1.82) is 0 Å². The molecule has 0 spiro atoms. The molecule has 142 valence electrons. The molecule has 0 fully saturated rings. The van der Waals surface area contributed by atoms with Gasteiger partial charge in [-0.3, -0.25) is 4.79 Å². The topological polar surface area (TPSA) is 108 Å².